The van der Waals surface area contributed by atoms with Gasteiger partial charge in [-0.2, -0.15) is 0 Å². The topological polar surface area (TPSA) is 86.8 Å². The number of carbonyl (C=O) groups is 2. The molecule has 0 saturated carbocycles. The molecule has 11 heteroatoms. The van der Waals surface area contributed by atoms with Gasteiger partial charge in [0.25, 0.3) is 10.0 Å². The summed E-state index contributed by atoms with van der Waals surface area (Å²) >= 11 is 15.8. The fourth-order valence-corrected chi connectivity index (χ4v) is 5.97. The fourth-order valence-electron chi connectivity index (χ4n) is 3.69. The second kappa shape index (κ2) is 13.5. The van der Waals surface area contributed by atoms with E-state index in [2.05, 4.69) is 21.2 Å². The first-order valence-electron chi connectivity index (χ1n) is 11.9. The number of nitrogens with zero attached hydrogens (tertiary/aromatic N) is 2. The molecule has 0 aliphatic rings. The first-order chi connectivity index (χ1) is 18.0. The van der Waals surface area contributed by atoms with Gasteiger partial charge in [-0.25, -0.2) is 8.42 Å². The van der Waals surface area contributed by atoms with Crippen molar-refractivity contribution in [3.63, 3.8) is 0 Å². The Kier molecular flexibility index (Phi) is 10.6. The van der Waals surface area contributed by atoms with Gasteiger partial charge in [0.1, 0.15) is 12.6 Å². The molecule has 0 aromatic heterocycles. The van der Waals surface area contributed by atoms with E-state index < -0.39 is 28.5 Å². The molecule has 7 nitrogen and oxygen atoms in total. The summed E-state index contributed by atoms with van der Waals surface area (Å²) in [6, 6.07) is 18.5. The van der Waals surface area contributed by atoms with E-state index >= 15 is 0 Å². The molecule has 38 heavy (non-hydrogen) atoms. The number of amides is 2. The predicted octanol–water partition coefficient (Wildman–Crippen LogP) is 5.89. The van der Waals surface area contributed by atoms with E-state index in [0.29, 0.717) is 32.3 Å². The van der Waals surface area contributed by atoms with Gasteiger partial charge in [0.2, 0.25) is 11.8 Å². The molecule has 1 N–H and O–H groups in total. The minimum Gasteiger partial charge on any atom is -0.354 e. The summed E-state index contributed by atoms with van der Waals surface area (Å²) in [6.45, 7) is 3.41. The Morgan fingerprint density at radius 2 is 1.71 bits per heavy atom. The highest BCUT2D eigenvalue weighted by atomic mass is 79.9. The smallest absolute Gasteiger partial charge is 0.264 e. The summed E-state index contributed by atoms with van der Waals surface area (Å²) in [7, 11) is -4.13. The Morgan fingerprint density at radius 1 is 1.00 bits per heavy atom. The van der Waals surface area contributed by atoms with Crippen molar-refractivity contribution < 1.29 is 18.0 Å². The van der Waals surface area contributed by atoms with Gasteiger partial charge in [-0.3, -0.25) is 13.9 Å². The highest BCUT2D eigenvalue weighted by molar-refractivity contribution is 9.10. The van der Waals surface area contributed by atoms with Gasteiger partial charge in [-0.05, 0) is 61.4 Å². The van der Waals surface area contributed by atoms with Crippen LogP contribution in [0.15, 0.2) is 82.2 Å². The number of anilines is 1. The predicted molar refractivity (Wildman–Crippen MR) is 155 cm³/mol. The van der Waals surface area contributed by atoms with Crippen molar-refractivity contribution in [1.29, 1.82) is 0 Å². The molecule has 0 aliphatic carbocycles. The highest BCUT2D eigenvalue weighted by Crippen LogP contribution is 2.28. The van der Waals surface area contributed by atoms with Crippen LogP contribution in [-0.2, 0) is 26.2 Å². The van der Waals surface area contributed by atoms with Crippen LogP contribution in [0.5, 0.6) is 0 Å². The maximum absolute atomic E-state index is 13.9. The molecule has 1 atom stereocenters. The molecule has 202 valence electrons. The maximum Gasteiger partial charge on any atom is 0.264 e. The van der Waals surface area contributed by atoms with Crippen molar-refractivity contribution >= 4 is 66.7 Å². The van der Waals surface area contributed by atoms with E-state index in [-0.39, 0.29) is 17.3 Å². The zero-order chi connectivity index (χ0) is 27.9. The molecule has 0 radical (unpaired) electrons. The molecule has 0 fully saturated rings. The van der Waals surface area contributed by atoms with Gasteiger partial charge in [0, 0.05) is 27.6 Å². The second-order valence-corrected chi connectivity index (χ2v) is 12.2. The molecule has 3 rings (SSSR count). The number of benzene rings is 3. The number of sulfonamides is 1. The highest BCUT2D eigenvalue weighted by Gasteiger charge is 2.32. The van der Waals surface area contributed by atoms with E-state index in [1.165, 1.54) is 17.0 Å². The molecule has 0 saturated heterocycles. The number of hydrogen-bond donors (Lipinski definition) is 1. The minimum absolute atomic E-state index is 0.0206. The number of hydrogen-bond acceptors (Lipinski definition) is 4. The van der Waals surface area contributed by atoms with Crippen LogP contribution in [0.3, 0.4) is 0 Å². The quantitative estimate of drug-likeness (QED) is 0.283. The summed E-state index contributed by atoms with van der Waals surface area (Å²) in [5.41, 5.74) is 0.864. The normalized spacial score (nSPS) is 12.0. The van der Waals surface area contributed by atoms with Crippen LogP contribution in [0.25, 0.3) is 0 Å². The summed E-state index contributed by atoms with van der Waals surface area (Å²) in [6.07, 6.45) is 0.724. The number of rotatable bonds is 11. The third-order valence-corrected chi connectivity index (χ3v) is 8.65. The van der Waals surface area contributed by atoms with Gasteiger partial charge in [0.15, 0.2) is 0 Å². The lowest BCUT2D eigenvalue weighted by molar-refractivity contribution is -0.139. The molecule has 3 aromatic carbocycles. The molecule has 0 unspecified atom stereocenters. The standard InChI is InChI=1S/C27H28BrCl2N3O4S/c1-3-14-31-27(35)19(2)32(17-20-12-13-22(29)16-25(20)30)26(34)18-33(23-9-7-8-21(28)15-23)38(36,37)24-10-5-4-6-11-24/h4-13,15-16,19H,3,14,17-18H2,1-2H3,(H,31,35)/t19-/m1/s1. The zero-order valence-electron chi connectivity index (χ0n) is 20.9. The second-order valence-electron chi connectivity index (χ2n) is 8.53. The van der Waals surface area contributed by atoms with E-state index in [4.69, 9.17) is 23.2 Å². The van der Waals surface area contributed by atoms with Gasteiger partial charge in [0.05, 0.1) is 10.6 Å². The Balaban J connectivity index is 2.03. The zero-order valence-corrected chi connectivity index (χ0v) is 24.8. The largest absolute Gasteiger partial charge is 0.354 e. The van der Waals surface area contributed by atoms with Crippen molar-refractivity contribution in [2.24, 2.45) is 0 Å². The lowest BCUT2D eigenvalue weighted by Crippen LogP contribution is -2.51. The van der Waals surface area contributed by atoms with Gasteiger partial charge < -0.3 is 10.2 Å². The van der Waals surface area contributed by atoms with Gasteiger partial charge in [-0.1, -0.05) is 76.4 Å². The molecule has 0 bridgehead atoms. The fraction of sp³-hybridized carbons (Fsp3) is 0.259. The Bertz CT molecular complexity index is 1390. The van der Waals surface area contributed by atoms with Crippen LogP contribution >= 0.6 is 39.1 Å². The van der Waals surface area contributed by atoms with Crippen molar-refractivity contribution in [2.45, 2.75) is 37.8 Å². The number of halogens is 3. The molecular weight excluding hydrogens is 613 g/mol. The first-order valence-corrected chi connectivity index (χ1v) is 14.9. The summed E-state index contributed by atoms with van der Waals surface area (Å²) in [4.78, 5) is 28.1. The first kappa shape index (κ1) is 30.0. The van der Waals surface area contributed by atoms with E-state index in [9.17, 15) is 18.0 Å². The monoisotopic (exact) mass is 639 g/mol. The maximum atomic E-state index is 13.9. The van der Waals surface area contributed by atoms with Crippen LogP contribution in [0.1, 0.15) is 25.8 Å². The third-order valence-electron chi connectivity index (χ3n) is 5.78. The summed E-state index contributed by atoms with van der Waals surface area (Å²) in [5.74, 6) is -0.931. The van der Waals surface area contributed by atoms with Crippen LogP contribution in [0.2, 0.25) is 10.0 Å². The molecule has 3 aromatic rings. The Labute approximate surface area is 241 Å². The average molecular weight is 641 g/mol. The Hall–Kier alpha value is -2.59. The van der Waals surface area contributed by atoms with E-state index in [1.54, 1.807) is 67.6 Å². The van der Waals surface area contributed by atoms with Crippen molar-refractivity contribution in [2.75, 3.05) is 17.4 Å². The van der Waals surface area contributed by atoms with Crippen LogP contribution in [0.4, 0.5) is 5.69 Å². The van der Waals surface area contributed by atoms with Crippen LogP contribution < -0.4 is 9.62 Å². The van der Waals surface area contributed by atoms with Crippen molar-refractivity contribution in [3.8, 4) is 0 Å². The molecule has 2 amide bonds. The molecule has 0 spiro atoms. The number of carbonyl (C=O) groups excluding carboxylic acids is 2. The third kappa shape index (κ3) is 7.50. The SMILES string of the molecule is CCCNC(=O)[C@@H](C)N(Cc1ccc(Cl)cc1Cl)C(=O)CN(c1cccc(Br)c1)S(=O)(=O)c1ccccc1. The van der Waals surface area contributed by atoms with Crippen molar-refractivity contribution in [3.05, 3.63) is 92.9 Å². The van der Waals surface area contributed by atoms with E-state index in [0.717, 1.165) is 10.7 Å². The van der Waals surface area contributed by atoms with Crippen molar-refractivity contribution in [1.82, 2.24) is 10.2 Å². The Morgan fingerprint density at radius 3 is 2.34 bits per heavy atom. The van der Waals surface area contributed by atoms with Gasteiger partial charge >= 0.3 is 0 Å². The van der Waals surface area contributed by atoms with E-state index in [1.807, 2.05) is 6.92 Å². The summed E-state index contributed by atoms with van der Waals surface area (Å²) in [5, 5.41) is 3.56. The van der Waals surface area contributed by atoms with Gasteiger partial charge in [-0.15, -0.1) is 0 Å². The minimum atomic E-state index is -4.13. The molecule has 0 aliphatic heterocycles. The lowest BCUT2D eigenvalue weighted by Gasteiger charge is -2.32. The molecular formula is C27H28BrCl2N3O4S. The van der Waals surface area contributed by atoms with Crippen LogP contribution in [-0.4, -0.2) is 44.3 Å². The lowest BCUT2D eigenvalue weighted by atomic mass is 10.1. The average Bonchev–Trinajstić information content (AvgIpc) is 2.89. The van der Waals surface area contributed by atoms with Crippen LogP contribution in [0, 0.1) is 0 Å². The molecule has 0 heterocycles. The number of nitrogens with one attached hydrogen (secondary N) is 1. The summed E-state index contributed by atoms with van der Waals surface area (Å²) < 4.78 is 29.1.